The summed E-state index contributed by atoms with van der Waals surface area (Å²) in [4.78, 5) is 15.1. The lowest BCUT2D eigenvalue weighted by molar-refractivity contribution is -0.172. The number of ether oxygens (including phenoxy) is 3. The Balaban J connectivity index is 1.44. The van der Waals surface area contributed by atoms with Crippen molar-refractivity contribution in [1.82, 2.24) is 4.90 Å². The summed E-state index contributed by atoms with van der Waals surface area (Å²) in [5, 5.41) is 22.8. The molecule has 1 fully saturated rings. The summed E-state index contributed by atoms with van der Waals surface area (Å²) < 4.78 is 17.8. The zero-order valence-electron chi connectivity index (χ0n) is 18.7. The normalized spacial score (nSPS) is 32.3. The predicted molar refractivity (Wildman–Crippen MR) is 119 cm³/mol. The van der Waals surface area contributed by atoms with Crippen molar-refractivity contribution in [3.8, 4) is 11.5 Å². The standard InChI is InChI=1S/C26H27NO6/c1-27-13-12-25-20-16-8-9-17(31-2)22(20)33-23(25)18(10-11-26(25,30)19(27)14-16)32-24(29)21(28)15-6-4-3-5-7-15/h3-10,19,21,23,28,30H,11-14H2,1-2H3/t19-,21+,23+,25+,26-/m0/s1. The zero-order chi connectivity index (χ0) is 23.0. The number of likely N-dealkylation sites (tertiary alicyclic amines) is 1. The first kappa shape index (κ1) is 20.7. The van der Waals surface area contributed by atoms with Crippen molar-refractivity contribution in [3.05, 3.63) is 71.0 Å². The largest absolute Gasteiger partial charge is 0.493 e. The molecule has 2 aromatic rings. The van der Waals surface area contributed by atoms with Gasteiger partial charge in [0.1, 0.15) is 5.76 Å². The fourth-order valence-corrected chi connectivity index (χ4v) is 6.53. The number of likely N-dealkylation sites (N-methyl/N-ethyl adjacent to an activating group) is 1. The van der Waals surface area contributed by atoms with Crippen LogP contribution in [-0.4, -0.2) is 59.5 Å². The van der Waals surface area contributed by atoms with Gasteiger partial charge in [0.2, 0.25) is 0 Å². The van der Waals surface area contributed by atoms with E-state index in [0.29, 0.717) is 42.1 Å². The maximum atomic E-state index is 12.9. The van der Waals surface area contributed by atoms with Crippen molar-refractivity contribution in [2.45, 2.75) is 48.5 Å². The van der Waals surface area contributed by atoms with Gasteiger partial charge in [-0.3, -0.25) is 0 Å². The molecule has 0 unspecified atom stereocenters. The van der Waals surface area contributed by atoms with E-state index in [1.807, 2.05) is 19.2 Å². The average molecular weight is 450 g/mol. The van der Waals surface area contributed by atoms with Crippen LogP contribution in [0.3, 0.4) is 0 Å². The first-order valence-electron chi connectivity index (χ1n) is 11.3. The van der Waals surface area contributed by atoms with Gasteiger partial charge in [-0.05, 0) is 49.7 Å². The maximum Gasteiger partial charge on any atom is 0.344 e. The number of carbonyl (C=O) groups excluding carboxylic acids is 1. The van der Waals surface area contributed by atoms with E-state index in [4.69, 9.17) is 14.2 Å². The predicted octanol–water partition coefficient (Wildman–Crippen LogP) is 2.25. The third kappa shape index (κ3) is 2.58. The van der Waals surface area contributed by atoms with E-state index in [1.165, 1.54) is 0 Å². The average Bonchev–Trinajstić information content (AvgIpc) is 3.19. The molecular formula is C26H27NO6. The fraction of sp³-hybridized carbons (Fsp3) is 0.423. The molecule has 7 heteroatoms. The van der Waals surface area contributed by atoms with Crippen molar-refractivity contribution < 1.29 is 29.2 Å². The molecule has 0 saturated carbocycles. The number of rotatable bonds is 4. The quantitative estimate of drug-likeness (QED) is 0.692. The van der Waals surface area contributed by atoms with Gasteiger partial charge in [0, 0.05) is 18.0 Å². The molecule has 0 amide bonds. The van der Waals surface area contributed by atoms with Crippen LogP contribution < -0.4 is 9.47 Å². The first-order valence-corrected chi connectivity index (χ1v) is 11.3. The summed E-state index contributed by atoms with van der Waals surface area (Å²) in [5.41, 5.74) is 0.757. The van der Waals surface area contributed by atoms with Gasteiger partial charge < -0.3 is 29.3 Å². The van der Waals surface area contributed by atoms with Gasteiger partial charge in [-0.1, -0.05) is 36.4 Å². The van der Waals surface area contributed by atoms with Gasteiger partial charge in [0.25, 0.3) is 0 Å². The van der Waals surface area contributed by atoms with Crippen molar-refractivity contribution in [3.63, 3.8) is 0 Å². The molecule has 2 aromatic carbocycles. The van der Waals surface area contributed by atoms with Crippen molar-refractivity contribution >= 4 is 5.97 Å². The molecule has 4 aliphatic rings. The van der Waals surface area contributed by atoms with Gasteiger partial charge in [0.05, 0.1) is 18.1 Å². The molecular weight excluding hydrogens is 422 g/mol. The van der Waals surface area contributed by atoms with Crippen LogP contribution in [0, 0.1) is 0 Å². The lowest BCUT2D eigenvalue weighted by Crippen LogP contribution is -2.74. The summed E-state index contributed by atoms with van der Waals surface area (Å²) in [7, 11) is 3.64. The molecule has 33 heavy (non-hydrogen) atoms. The Morgan fingerprint density at radius 2 is 2.03 bits per heavy atom. The third-order valence-corrected chi connectivity index (χ3v) is 8.11. The Bertz CT molecular complexity index is 1160. The van der Waals surface area contributed by atoms with E-state index in [1.54, 1.807) is 37.5 Å². The van der Waals surface area contributed by atoms with Crippen LogP contribution in [0.1, 0.15) is 35.6 Å². The molecule has 2 aliphatic carbocycles. The van der Waals surface area contributed by atoms with E-state index in [9.17, 15) is 15.0 Å². The van der Waals surface area contributed by atoms with E-state index < -0.39 is 29.2 Å². The van der Waals surface area contributed by atoms with E-state index in [2.05, 4.69) is 11.0 Å². The number of aliphatic hydroxyl groups is 2. The zero-order valence-corrected chi connectivity index (χ0v) is 18.7. The number of carbonyl (C=O) groups is 1. The van der Waals surface area contributed by atoms with Crippen LogP contribution >= 0.6 is 0 Å². The monoisotopic (exact) mass is 449 g/mol. The van der Waals surface area contributed by atoms with Crippen LogP contribution in [-0.2, 0) is 21.4 Å². The van der Waals surface area contributed by atoms with Crippen LogP contribution in [0.2, 0.25) is 0 Å². The molecule has 2 N–H and O–H groups in total. The molecule has 2 heterocycles. The Labute approximate surface area is 192 Å². The molecule has 1 saturated heterocycles. The van der Waals surface area contributed by atoms with Crippen molar-refractivity contribution in [1.29, 1.82) is 0 Å². The Kier molecular flexibility index (Phi) is 4.43. The molecule has 0 aromatic heterocycles. The highest BCUT2D eigenvalue weighted by molar-refractivity contribution is 5.77. The van der Waals surface area contributed by atoms with Crippen molar-refractivity contribution in [2.24, 2.45) is 0 Å². The highest BCUT2D eigenvalue weighted by atomic mass is 16.6. The highest BCUT2D eigenvalue weighted by Gasteiger charge is 2.72. The second-order valence-corrected chi connectivity index (χ2v) is 9.52. The lowest BCUT2D eigenvalue weighted by atomic mass is 9.50. The number of benzene rings is 2. The number of piperidine rings is 1. The highest BCUT2D eigenvalue weighted by Crippen LogP contribution is 2.65. The summed E-state index contributed by atoms with van der Waals surface area (Å²) >= 11 is 0. The van der Waals surface area contributed by atoms with Gasteiger partial charge in [-0.2, -0.15) is 0 Å². The molecule has 2 aliphatic heterocycles. The number of nitrogens with zero attached hydrogens (tertiary/aromatic N) is 1. The molecule has 6 rings (SSSR count). The van der Waals surface area contributed by atoms with Gasteiger partial charge in [0.15, 0.2) is 23.7 Å². The Hall–Kier alpha value is -2.87. The van der Waals surface area contributed by atoms with Crippen molar-refractivity contribution in [2.75, 3.05) is 20.7 Å². The van der Waals surface area contributed by atoms with Crippen LogP contribution in [0.25, 0.3) is 0 Å². The lowest BCUT2D eigenvalue weighted by Gasteiger charge is -2.61. The van der Waals surface area contributed by atoms with Crippen LogP contribution in [0.15, 0.2) is 54.3 Å². The van der Waals surface area contributed by atoms with Crippen LogP contribution in [0.4, 0.5) is 0 Å². The number of hydrogen-bond donors (Lipinski definition) is 2. The minimum absolute atomic E-state index is 0.0763. The van der Waals surface area contributed by atoms with E-state index in [-0.39, 0.29) is 6.04 Å². The number of methoxy groups -OCH3 is 1. The molecule has 7 nitrogen and oxygen atoms in total. The Morgan fingerprint density at radius 1 is 1.24 bits per heavy atom. The summed E-state index contributed by atoms with van der Waals surface area (Å²) in [6.07, 6.45) is 1.38. The maximum absolute atomic E-state index is 12.9. The van der Waals surface area contributed by atoms with Gasteiger partial charge >= 0.3 is 5.97 Å². The minimum atomic E-state index is -1.41. The summed E-state index contributed by atoms with van der Waals surface area (Å²) in [6, 6.07) is 12.6. The fourth-order valence-electron chi connectivity index (χ4n) is 6.53. The van der Waals surface area contributed by atoms with Crippen LogP contribution in [0.5, 0.6) is 11.5 Å². The smallest absolute Gasteiger partial charge is 0.344 e. The second kappa shape index (κ2) is 7.06. The summed E-state index contributed by atoms with van der Waals surface area (Å²) in [5.74, 6) is 0.802. The number of aliphatic hydroxyl groups excluding tert-OH is 1. The molecule has 2 bridgehead atoms. The number of hydrogen-bond acceptors (Lipinski definition) is 7. The topological polar surface area (TPSA) is 88.5 Å². The second-order valence-electron chi connectivity index (χ2n) is 9.52. The Morgan fingerprint density at radius 3 is 2.79 bits per heavy atom. The van der Waals surface area contributed by atoms with E-state index >= 15 is 0 Å². The molecule has 172 valence electrons. The number of esters is 1. The first-order chi connectivity index (χ1) is 15.9. The molecule has 5 atom stereocenters. The van der Waals surface area contributed by atoms with Gasteiger partial charge in [-0.25, -0.2) is 4.79 Å². The minimum Gasteiger partial charge on any atom is -0.493 e. The van der Waals surface area contributed by atoms with Gasteiger partial charge in [-0.15, -0.1) is 0 Å². The SMILES string of the molecule is COc1ccc2c3c1O[C@@H]1C(OC(=O)[C@H](O)c4ccccc4)=CC[C@]4(O)[C@H](C2)N(C)CC[C@@]314. The molecule has 1 spiro atoms. The summed E-state index contributed by atoms with van der Waals surface area (Å²) in [6.45, 7) is 0.788. The van der Waals surface area contributed by atoms with E-state index in [0.717, 1.165) is 17.7 Å². The third-order valence-electron chi connectivity index (χ3n) is 8.11. The molecule has 0 radical (unpaired) electrons.